The Bertz CT molecular complexity index is 1040. The van der Waals surface area contributed by atoms with Gasteiger partial charge in [0.15, 0.2) is 0 Å². The molecule has 0 unspecified atom stereocenters. The molecule has 0 aliphatic carbocycles. The molecule has 1 amide bonds. The molecule has 0 aliphatic rings. The van der Waals surface area contributed by atoms with Gasteiger partial charge < -0.3 is 14.8 Å². The van der Waals surface area contributed by atoms with Gasteiger partial charge in [-0.05, 0) is 36.8 Å². The molecule has 0 fully saturated rings. The van der Waals surface area contributed by atoms with Gasteiger partial charge in [-0.1, -0.05) is 62.9 Å². The van der Waals surface area contributed by atoms with Crippen LogP contribution in [0.3, 0.4) is 0 Å². The summed E-state index contributed by atoms with van der Waals surface area (Å²) in [5.41, 5.74) is 1.57. The summed E-state index contributed by atoms with van der Waals surface area (Å²) in [4.78, 5) is 28.7. The van der Waals surface area contributed by atoms with Crippen LogP contribution in [-0.2, 0) is 11.4 Å². The first-order chi connectivity index (χ1) is 16.2. The van der Waals surface area contributed by atoms with E-state index in [0.717, 1.165) is 24.2 Å². The molecule has 3 aromatic rings. The smallest absolute Gasteiger partial charge is 0.296 e. The van der Waals surface area contributed by atoms with Crippen LogP contribution in [0.15, 0.2) is 73.1 Å². The zero-order valence-corrected chi connectivity index (χ0v) is 19.0. The highest BCUT2D eigenvalue weighted by Crippen LogP contribution is 2.27. The minimum atomic E-state index is -0.745. The van der Waals surface area contributed by atoms with Crippen molar-refractivity contribution in [3.8, 4) is 11.5 Å². The zero-order valence-electron chi connectivity index (χ0n) is 19.0. The van der Waals surface area contributed by atoms with Crippen molar-refractivity contribution in [3.63, 3.8) is 0 Å². The number of aromatic nitrogens is 1. The monoisotopic (exact) mass is 446 g/mol. The number of nitrogens with one attached hydrogen (secondary N) is 1. The Kier molecular flexibility index (Phi) is 9.45. The average Bonchev–Trinajstić information content (AvgIpc) is 2.86. The van der Waals surface area contributed by atoms with E-state index in [1.54, 1.807) is 36.5 Å². The summed E-state index contributed by atoms with van der Waals surface area (Å²) in [7, 11) is 0. The lowest BCUT2D eigenvalue weighted by atomic mass is 10.1. The molecule has 0 atom stereocenters. The number of hydrogen-bond donors (Lipinski definition) is 1. The van der Waals surface area contributed by atoms with Gasteiger partial charge in [0.1, 0.15) is 18.1 Å². The quantitative estimate of drug-likeness (QED) is 0.203. The first kappa shape index (κ1) is 24.0. The number of ether oxygens (including phenoxy) is 2. The van der Waals surface area contributed by atoms with Gasteiger partial charge in [0.25, 0.3) is 11.7 Å². The number of anilines is 1. The number of Topliss-reactive ketones (excluding diaryl/α,β-unsaturated/α-hetero) is 1. The van der Waals surface area contributed by atoms with Crippen LogP contribution < -0.4 is 14.8 Å². The molecule has 6 heteroatoms. The Balaban J connectivity index is 1.59. The zero-order chi connectivity index (χ0) is 23.3. The van der Waals surface area contributed by atoms with Crippen molar-refractivity contribution in [2.75, 3.05) is 11.9 Å². The minimum Gasteiger partial charge on any atom is -0.493 e. The van der Waals surface area contributed by atoms with Crippen LogP contribution in [0.1, 0.15) is 54.9 Å². The highest BCUT2D eigenvalue weighted by atomic mass is 16.5. The van der Waals surface area contributed by atoms with Crippen molar-refractivity contribution < 1.29 is 19.1 Å². The lowest BCUT2D eigenvalue weighted by Crippen LogP contribution is -2.23. The van der Waals surface area contributed by atoms with Gasteiger partial charge in [-0.3, -0.25) is 14.6 Å². The molecule has 1 aromatic heterocycles. The fourth-order valence-corrected chi connectivity index (χ4v) is 3.31. The third-order valence-corrected chi connectivity index (χ3v) is 5.13. The molecule has 0 saturated heterocycles. The first-order valence-corrected chi connectivity index (χ1v) is 11.4. The minimum absolute atomic E-state index is 0.231. The number of pyridine rings is 1. The molecule has 172 valence electrons. The number of benzene rings is 2. The SMILES string of the molecule is CCCCCCCOc1ccccc1COc1ccccc1NC(=O)C(=O)c1cccnc1. The van der Waals surface area contributed by atoms with Crippen molar-refractivity contribution in [2.24, 2.45) is 0 Å². The van der Waals surface area contributed by atoms with Gasteiger partial charge in [-0.15, -0.1) is 0 Å². The van der Waals surface area contributed by atoms with Crippen molar-refractivity contribution in [1.82, 2.24) is 4.98 Å². The van der Waals surface area contributed by atoms with Crippen molar-refractivity contribution >= 4 is 17.4 Å². The van der Waals surface area contributed by atoms with E-state index in [-0.39, 0.29) is 12.2 Å². The standard InChI is InChI=1S/C27H30N2O4/c1-2-3-4-5-10-18-32-24-15-8-6-12-22(24)20-33-25-16-9-7-14-23(25)29-27(31)26(30)21-13-11-17-28-19-21/h6-9,11-17,19H,2-5,10,18,20H2,1H3,(H,29,31). The van der Waals surface area contributed by atoms with E-state index in [0.29, 0.717) is 18.0 Å². The lowest BCUT2D eigenvalue weighted by Gasteiger charge is -2.15. The Hall–Kier alpha value is -3.67. The average molecular weight is 447 g/mol. The number of hydrogen-bond acceptors (Lipinski definition) is 5. The number of para-hydroxylation sites is 3. The number of carbonyl (C=O) groups is 2. The van der Waals surface area contributed by atoms with Crippen LogP contribution in [0.4, 0.5) is 5.69 Å². The summed E-state index contributed by atoms with van der Waals surface area (Å²) in [6, 6.07) is 18.0. The lowest BCUT2D eigenvalue weighted by molar-refractivity contribution is -0.112. The maximum atomic E-state index is 12.4. The second-order valence-electron chi connectivity index (χ2n) is 7.68. The molecule has 1 heterocycles. The third kappa shape index (κ3) is 7.45. The highest BCUT2D eigenvalue weighted by Gasteiger charge is 2.18. The summed E-state index contributed by atoms with van der Waals surface area (Å²) in [5, 5.41) is 2.65. The van der Waals surface area contributed by atoms with Gasteiger partial charge in [0, 0.05) is 23.5 Å². The van der Waals surface area contributed by atoms with E-state index in [9.17, 15) is 9.59 Å². The van der Waals surface area contributed by atoms with Gasteiger partial charge in [0.2, 0.25) is 0 Å². The molecule has 0 aliphatic heterocycles. The fraction of sp³-hybridized carbons (Fsp3) is 0.296. The number of ketones is 1. The number of unbranched alkanes of at least 4 members (excludes halogenated alkanes) is 4. The predicted molar refractivity (Wildman–Crippen MR) is 129 cm³/mol. The summed E-state index contributed by atoms with van der Waals surface area (Å²) < 4.78 is 12.0. The molecular weight excluding hydrogens is 416 g/mol. The van der Waals surface area contributed by atoms with Crippen LogP contribution in [0.25, 0.3) is 0 Å². The maximum Gasteiger partial charge on any atom is 0.296 e. The van der Waals surface area contributed by atoms with Gasteiger partial charge in [-0.25, -0.2) is 0 Å². The normalized spacial score (nSPS) is 10.5. The van der Waals surface area contributed by atoms with Gasteiger partial charge in [-0.2, -0.15) is 0 Å². The highest BCUT2D eigenvalue weighted by molar-refractivity contribution is 6.46. The molecule has 1 N–H and O–H groups in total. The molecule has 0 bridgehead atoms. The van der Waals surface area contributed by atoms with Crippen LogP contribution >= 0.6 is 0 Å². The Morgan fingerprint density at radius 3 is 2.39 bits per heavy atom. The largest absolute Gasteiger partial charge is 0.493 e. The van der Waals surface area contributed by atoms with E-state index < -0.39 is 11.7 Å². The van der Waals surface area contributed by atoms with Crippen molar-refractivity contribution in [3.05, 3.63) is 84.2 Å². The van der Waals surface area contributed by atoms with E-state index in [2.05, 4.69) is 17.2 Å². The number of carbonyl (C=O) groups excluding carboxylic acids is 2. The fourth-order valence-electron chi connectivity index (χ4n) is 3.31. The number of amides is 1. The first-order valence-electron chi connectivity index (χ1n) is 11.4. The van der Waals surface area contributed by atoms with Crippen molar-refractivity contribution in [1.29, 1.82) is 0 Å². The van der Waals surface area contributed by atoms with Gasteiger partial charge >= 0.3 is 0 Å². The second-order valence-corrected chi connectivity index (χ2v) is 7.68. The molecule has 0 radical (unpaired) electrons. The molecule has 3 rings (SSSR count). The molecule has 6 nitrogen and oxygen atoms in total. The maximum absolute atomic E-state index is 12.4. The van der Waals surface area contributed by atoms with E-state index >= 15 is 0 Å². The summed E-state index contributed by atoms with van der Waals surface area (Å²) >= 11 is 0. The topological polar surface area (TPSA) is 77.5 Å². The molecular formula is C27H30N2O4. The van der Waals surface area contributed by atoms with E-state index in [4.69, 9.17) is 9.47 Å². The molecule has 0 saturated carbocycles. The van der Waals surface area contributed by atoms with Crippen LogP contribution in [0.5, 0.6) is 11.5 Å². The summed E-state index contributed by atoms with van der Waals surface area (Å²) in [5.74, 6) is -0.137. The van der Waals surface area contributed by atoms with Crippen LogP contribution in [0, 0.1) is 0 Å². The second kappa shape index (κ2) is 13.0. The molecule has 2 aromatic carbocycles. The number of nitrogens with zero attached hydrogens (tertiary/aromatic N) is 1. The van der Waals surface area contributed by atoms with Crippen LogP contribution in [-0.4, -0.2) is 23.3 Å². The van der Waals surface area contributed by atoms with Crippen molar-refractivity contribution in [2.45, 2.75) is 45.6 Å². The third-order valence-electron chi connectivity index (χ3n) is 5.13. The molecule has 0 spiro atoms. The number of rotatable bonds is 13. The Morgan fingerprint density at radius 2 is 1.61 bits per heavy atom. The molecule has 33 heavy (non-hydrogen) atoms. The van der Waals surface area contributed by atoms with E-state index in [1.165, 1.54) is 25.5 Å². The Morgan fingerprint density at radius 1 is 0.848 bits per heavy atom. The van der Waals surface area contributed by atoms with Gasteiger partial charge in [0.05, 0.1) is 12.3 Å². The Labute approximate surface area is 195 Å². The summed E-state index contributed by atoms with van der Waals surface area (Å²) in [6.07, 6.45) is 8.81. The predicted octanol–water partition coefficient (Wildman–Crippen LogP) is 5.83. The van der Waals surface area contributed by atoms with Crippen LogP contribution in [0.2, 0.25) is 0 Å². The summed E-state index contributed by atoms with van der Waals surface area (Å²) in [6.45, 7) is 3.15. The van der Waals surface area contributed by atoms with E-state index in [1.807, 2.05) is 30.3 Å².